The Balaban J connectivity index is 1.09. The number of rotatable bonds is 16. The maximum Gasteiger partial charge on any atom is 0.323 e. The minimum absolute atomic E-state index is 0.132. The molecule has 1 aliphatic heterocycles. The zero-order chi connectivity index (χ0) is 45.3. The molecule has 16 nitrogen and oxygen atoms in total. The second-order valence-corrected chi connectivity index (χ2v) is 17.5. The van der Waals surface area contributed by atoms with Crippen molar-refractivity contribution in [2.24, 2.45) is 0 Å². The number of methoxy groups -OCH3 is 2. The summed E-state index contributed by atoms with van der Waals surface area (Å²) in [5.41, 5.74) is 3.19. The zero-order valence-corrected chi connectivity index (χ0v) is 37.9. The van der Waals surface area contributed by atoms with Gasteiger partial charge in [0.15, 0.2) is 5.75 Å². The number of nitrogens with zero attached hydrogens (tertiary/aromatic N) is 4. The van der Waals surface area contributed by atoms with Gasteiger partial charge in [-0.1, -0.05) is 45.0 Å². The third kappa shape index (κ3) is 12.1. The van der Waals surface area contributed by atoms with Crippen molar-refractivity contribution in [2.75, 3.05) is 101 Å². The summed E-state index contributed by atoms with van der Waals surface area (Å²) in [6, 6.07) is 23.1. The molecule has 6 rings (SSSR count). The Bertz CT molecular complexity index is 2470. The van der Waals surface area contributed by atoms with Crippen molar-refractivity contribution in [1.29, 1.82) is 0 Å². The van der Waals surface area contributed by atoms with E-state index in [0.29, 0.717) is 89.9 Å². The topological polar surface area (TPSA) is 179 Å². The molecule has 63 heavy (non-hydrogen) atoms. The summed E-state index contributed by atoms with van der Waals surface area (Å²) in [6.07, 6.45) is 3.16. The van der Waals surface area contributed by atoms with Crippen LogP contribution in [0.1, 0.15) is 36.7 Å². The van der Waals surface area contributed by atoms with Crippen molar-refractivity contribution in [1.82, 2.24) is 25.0 Å². The van der Waals surface area contributed by atoms with E-state index in [2.05, 4.69) is 56.6 Å². The van der Waals surface area contributed by atoms with Crippen molar-refractivity contribution in [2.45, 2.75) is 26.2 Å². The third-order valence-electron chi connectivity index (χ3n) is 10.4. The molecule has 1 unspecified atom stereocenters. The fourth-order valence-electron chi connectivity index (χ4n) is 7.14. The highest BCUT2D eigenvalue weighted by atomic mass is 32.2. The predicted octanol–water partition coefficient (Wildman–Crippen LogP) is 6.87. The summed E-state index contributed by atoms with van der Waals surface area (Å²) in [6.45, 7) is 10.6. The lowest BCUT2D eigenvalue weighted by Crippen LogP contribution is -2.51. The molecule has 2 heterocycles. The van der Waals surface area contributed by atoms with Gasteiger partial charge in [-0.3, -0.25) is 14.5 Å². The van der Waals surface area contributed by atoms with Gasteiger partial charge in [-0.15, -0.1) is 0 Å². The summed E-state index contributed by atoms with van der Waals surface area (Å²) in [5.74, 6) is 2.23. The van der Waals surface area contributed by atoms with Gasteiger partial charge in [-0.05, 0) is 67.5 Å². The monoisotopic (exact) mass is 879 g/mol. The number of amides is 4. The third-order valence-corrected chi connectivity index (χ3v) is 10.9. The van der Waals surface area contributed by atoms with E-state index in [9.17, 15) is 18.6 Å². The predicted molar refractivity (Wildman–Crippen MR) is 250 cm³/mol. The fourth-order valence-corrected chi connectivity index (χ4v) is 7.60. The molecule has 17 heteroatoms. The summed E-state index contributed by atoms with van der Waals surface area (Å²) in [5, 5.41) is 13.7. The number of ether oxygens (including phenoxy) is 3. The first-order valence-corrected chi connectivity index (χ1v) is 22.1. The van der Waals surface area contributed by atoms with Gasteiger partial charge in [0.05, 0.1) is 43.4 Å². The van der Waals surface area contributed by atoms with Gasteiger partial charge in [-0.25, -0.2) is 14.0 Å². The molecule has 0 bridgehead atoms. The van der Waals surface area contributed by atoms with Crippen LogP contribution in [0.2, 0.25) is 0 Å². The number of hydrogen-bond donors (Lipinski definition) is 5. The molecule has 4 amide bonds. The van der Waals surface area contributed by atoms with Gasteiger partial charge in [0.2, 0.25) is 5.91 Å². The van der Waals surface area contributed by atoms with E-state index in [4.69, 9.17) is 14.2 Å². The van der Waals surface area contributed by atoms with Gasteiger partial charge < -0.3 is 50.0 Å². The van der Waals surface area contributed by atoms with Crippen molar-refractivity contribution in [3.05, 3.63) is 96.2 Å². The molecule has 1 atom stereocenters. The molecule has 4 aromatic carbocycles. The lowest BCUT2D eigenvalue weighted by Gasteiger charge is -2.35. The summed E-state index contributed by atoms with van der Waals surface area (Å²) in [7, 11) is 5.42. The SMILES string of the molecule is COc1cc(Nc2cc(Oc3ccc(NC(=O)Nc4cc(C(C)(C)C)cc(NS(C)=O)c4OC)c4ccccc34)ccn2)ccc1C(=O)NCCN1CCN(C(=O)CN(C)C)CC1. The van der Waals surface area contributed by atoms with Gasteiger partial charge in [-0.2, -0.15) is 0 Å². The fraction of sp³-hybridized carbons (Fsp3) is 0.348. The molecule has 0 aliphatic carbocycles. The molecule has 1 aliphatic rings. The Morgan fingerprint density at radius 1 is 0.825 bits per heavy atom. The molecule has 0 spiro atoms. The van der Waals surface area contributed by atoms with E-state index in [-0.39, 0.29) is 17.2 Å². The zero-order valence-electron chi connectivity index (χ0n) is 37.1. The Hall–Kier alpha value is -6.43. The van der Waals surface area contributed by atoms with Gasteiger partial charge in [0.1, 0.15) is 34.1 Å². The van der Waals surface area contributed by atoms with E-state index in [0.717, 1.165) is 29.4 Å². The number of fused-ring (bicyclic) bond motifs is 1. The van der Waals surface area contributed by atoms with Crippen LogP contribution in [0.15, 0.2) is 85.1 Å². The standard InChI is InChI=1S/C46H57N9O7S/c1-46(2,3)30-25-37(43(61-7)38(26-30)52-63(8)59)51-45(58)50-36-15-16-39(34-12-10-9-11-33(34)36)62-32-17-18-47-41(28-32)49-31-13-14-35(40(27-31)60-6)44(57)48-19-20-54-21-23-55(24-22-54)42(56)29-53(4)5/h9-18,25-28,52H,19-24,29H2,1-8H3,(H,47,49)(H,48,57)(H2,50,51,58). The molecule has 0 radical (unpaired) electrons. The van der Waals surface area contributed by atoms with Crippen LogP contribution < -0.4 is 40.2 Å². The number of pyridine rings is 1. The van der Waals surface area contributed by atoms with E-state index >= 15 is 0 Å². The average molecular weight is 880 g/mol. The number of carbonyl (C=O) groups is 3. The molecule has 5 aromatic rings. The van der Waals surface area contributed by atoms with Crippen LogP contribution in [0, 0.1) is 0 Å². The minimum atomic E-state index is -1.37. The summed E-state index contributed by atoms with van der Waals surface area (Å²) in [4.78, 5) is 49.6. The number of aromatic nitrogens is 1. The molecular formula is C46H57N9O7S. The highest BCUT2D eigenvalue weighted by Gasteiger charge is 2.23. The Kier molecular flexibility index (Phi) is 15.1. The normalized spacial score (nSPS) is 13.6. The number of carbonyl (C=O) groups excluding carboxylic acids is 3. The highest BCUT2D eigenvalue weighted by molar-refractivity contribution is 7.85. The lowest BCUT2D eigenvalue weighted by atomic mass is 9.86. The summed E-state index contributed by atoms with van der Waals surface area (Å²) >= 11 is 0. The molecule has 334 valence electrons. The first-order chi connectivity index (χ1) is 30.1. The quantitative estimate of drug-likeness (QED) is 0.0699. The van der Waals surface area contributed by atoms with Crippen molar-refractivity contribution in [3.63, 3.8) is 0 Å². The lowest BCUT2D eigenvalue weighted by molar-refractivity contribution is -0.133. The van der Waals surface area contributed by atoms with E-state index in [1.54, 1.807) is 48.7 Å². The molecular weight excluding hydrogens is 823 g/mol. The second-order valence-electron chi connectivity index (χ2n) is 16.4. The largest absolute Gasteiger partial charge is 0.496 e. The Labute approximate surface area is 371 Å². The van der Waals surface area contributed by atoms with Gasteiger partial charge in [0.25, 0.3) is 5.91 Å². The number of urea groups is 1. The molecule has 1 fully saturated rings. The number of benzene rings is 4. The van der Waals surface area contributed by atoms with E-state index < -0.39 is 17.0 Å². The minimum Gasteiger partial charge on any atom is -0.496 e. The molecule has 1 saturated heterocycles. The van der Waals surface area contributed by atoms with Crippen LogP contribution in [0.4, 0.5) is 33.4 Å². The van der Waals surface area contributed by atoms with Crippen molar-refractivity contribution in [3.8, 4) is 23.0 Å². The van der Waals surface area contributed by atoms with Gasteiger partial charge >= 0.3 is 6.03 Å². The summed E-state index contributed by atoms with van der Waals surface area (Å²) < 4.78 is 32.7. The average Bonchev–Trinajstić information content (AvgIpc) is 3.24. The maximum absolute atomic E-state index is 13.5. The Morgan fingerprint density at radius 3 is 2.22 bits per heavy atom. The number of likely N-dealkylation sites (N-methyl/N-ethyl adjacent to an activating group) is 1. The highest BCUT2D eigenvalue weighted by Crippen LogP contribution is 2.40. The van der Waals surface area contributed by atoms with E-state index in [1.807, 2.05) is 60.3 Å². The smallest absolute Gasteiger partial charge is 0.323 e. The van der Waals surface area contributed by atoms with Crippen LogP contribution in [0.25, 0.3) is 10.8 Å². The van der Waals surface area contributed by atoms with Crippen molar-refractivity contribution >= 4 is 68.2 Å². The Morgan fingerprint density at radius 2 is 1.54 bits per heavy atom. The van der Waals surface area contributed by atoms with Crippen LogP contribution in [-0.4, -0.2) is 122 Å². The van der Waals surface area contributed by atoms with Gasteiger partial charge in [0, 0.05) is 80.3 Å². The first-order valence-electron chi connectivity index (χ1n) is 20.6. The van der Waals surface area contributed by atoms with Crippen LogP contribution in [0.3, 0.4) is 0 Å². The van der Waals surface area contributed by atoms with Crippen LogP contribution in [-0.2, 0) is 21.2 Å². The van der Waals surface area contributed by atoms with Crippen LogP contribution >= 0.6 is 0 Å². The van der Waals surface area contributed by atoms with E-state index in [1.165, 1.54) is 20.5 Å². The maximum atomic E-state index is 13.5. The van der Waals surface area contributed by atoms with Crippen LogP contribution in [0.5, 0.6) is 23.0 Å². The molecule has 5 N–H and O–H groups in total. The number of nitrogens with one attached hydrogen (secondary N) is 5. The van der Waals surface area contributed by atoms with Crippen molar-refractivity contribution < 1.29 is 32.8 Å². The number of hydrogen-bond acceptors (Lipinski definition) is 11. The molecule has 1 aromatic heterocycles. The second kappa shape index (κ2) is 20.6. The number of piperazine rings is 1. The molecule has 0 saturated carbocycles. The number of anilines is 5. The first kappa shape index (κ1) is 46.1.